The van der Waals surface area contributed by atoms with E-state index >= 15 is 0 Å². The molecule has 0 amide bonds. The zero-order valence-corrected chi connectivity index (χ0v) is 9.35. The van der Waals surface area contributed by atoms with Crippen molar-refractivity contribution in [3.05, 3.63) is 33.3 Å². The Kier molecular flexibility index (Phi) is 2.15. The highest BCUT2D eigenvalue weighted by molar-refractivity contribution is 9.10. The first-order valence-corrected chi connectivity index (χ1v) is 4.91. The average Bonchev–Trinajstić information content (AvgIpc) is 2.58. The first kappa shape index (κ1) is 9.97. The second kappa shape index (κ2) is 3.23. The molecule has 15 heavy (non-hydrogen) atoms. The zero-order valence-electron chi connectivity index (χ0n) is 7.77. The summed E-state index contributed by atoms with van der Waals surface area (Å²) in [6, 6.07) is 1.59. The first-order valence-electron chi connectivity index (χ1n) is 4.12. The van der Waals surface area contributed by atoms with Crippen molar-refractivity contribution in [1.29, 1.82) is 0 Å². The highest BCUT2D eigenvalue weighted by atomic mass is 79.9. The number of halogens is 1. The number of carbonyl (C=O) groups is 1. The van der Waals surface area contributed by atoms with E-state index in [1.54, 1.807) is 19.3 Å². The fourth-order valence-electron chi connectivity index (χ4n) is 1.47. The molecule has 2 heterocycles. The highest BCUT2D eigenvalue weighted by Gasteiger charge is 2.13. The van der Waals surface area contributed by atoms with Gasteiger partial charge in [0.25, 0.3) is 5.56 Å². The van der Waals surface area contributed by atoms with Crippen molar-refractivity contribution in [2.24, 2.45) is 7.05 Å². The quantitative estimate of drug-likeness (QED) is 0.792. The Balaban J connectivity index is 3.02. The van der Waals surface area contributed by atoms with E-state index in [0.29, 0.717) is 9.86 Å². The summed E-state index contributed by atoms with van der Waals surface area (Å²) in [6.07, 6.45) is 1.80. The summed E-state index contributed by atoms with van der Waals surface area (Å²) in [6.45, 7) is 0. The minimum absolute atomic E-state index is 0.166. The Hall–Kier alpha value is -1.56. The Morgan fingerprint density at radius 2 is 2.20 bits per heavy atom. The summed E-state index contributed by atoms with van der Waals surface area (Å²) >= 11 is 3.28. The molecule has 0 bridgehead atoms. The van der Waals surface area contributed by atoms with Gasteiger partial charge < -0.3 is 9.67 Å². The van der Waals surface area contributed by atoms with Crippen LogP contribution < -0.4 is 5.56 Å². The molecule has 5 nitrogen and oxygen atoms in total. The van der Waals surface area contributed by atoms with Gasteiger partial charge in [0.1, 0.15) is 5.52 Å². The molecule has 0 aliphatic rings. The summed E-state index contributed by atoms with van der Waals surface area (Å²) in [5.74, 6) is 0. The molecule has 2 aromatic rings. The maximum atomic E-state index is 11.7. The third-order valence-electron chi connectivity index (χ3n) is 2.18. The van der Waals surface area contributed by atoms with Gasteiger partial charge in [0.05, 0.1) is 0 Å². The molecule has 6 heteroatoms. The number of fused-ring (bicyclic) bond motifs is 1. The molecule has 0 unspecified atom stereocenters. The van der Waals surface area contributed by atoms with Crippen molar-refractivity contribution >= 4 is 32.9 Å². The number of nitrogens with zero attached hydrogens (tertiary/aromatic N) is 2. The van der Waals surface area contributed by atoms with Crippen molar-refractivity contribution in [1.82, 2.24) is 9.13 Å². The van der Waals surface area contributed by atoms with Gasteiger partial charge in [0.2, 0.25) is 0 Å². The lowest BCUT2D eigenvalue weighted by Gasteiger charge is -2.02. The molecular weight excluding hydrogens is 264 g/mol. The molecule has 2 rings (SSSR count). The molecule has 0 aliphatic heterocycles. The number of pyridine rings is 1. The third-order valence-corrected chi connectivity index (χ3v) is 2.81. The van der Waals surface area contributed by atoms with E-state index in [1.165, 1.54) is 10.8 Å². The highest BCUT2D eigenvalue weighted by Crippen LogP contribution is 2.21. The summed E-state index contributed by atoms with van der Waals surface area (Å²) in [4.78, 5) is 22.6. The van der Waals surface area contributed by atoms with Crippen LogP contribution in [0.1, 0.15) is 0 Å². The van der Waals surface area contributed by atoms with E-state index in [-0.39, 0.29) is 11.1 Å². The van der Waals surface area contributed by atoms with Crippen LogP contribution in [0.2, 0.25) is 0 Å². The number of hydrogen-bond acceptors (Lipinski definition) is 2. The average molecular weight is 271 g/mol. The zero-order chi connectivity index (χ0) is 11.2. The second-order valence-electron chi connectivity index (χ2n) is 3.12. The van der Waals surface area contributed by atoms with Crippen molar-refractivity contribution < 1.29 is 9.90 Å². The van der Waals surface area contributed by atoms with E-state index in [4.69, 9.17) is 5.11 Å². The number of rotatable bonds is 0. The van der Waals surface area contributed by atoms with Crippen LogP contribution in [0.5, 0.6) is 0 Å². The Bertz CT molecular complexity index is 612. The van der Waals surface area contributed by atoms with Gasteiger partial charge in [-0.1, -0.05) is 0 Å². The molecule has 1 N–H and O–H groups in total. The first-order chi connectivity index (χ1) is 7.02. The van der Waals surface area contributed by atoms with Crippen LogP contribution in [-0.2, 0) is 7.05 Å². The third kappa shape index (κ3) is 1.37. The summed E-state index contributed by atoms with van der Waals surface area (Å²) in [5, 5.41) is 9.48. The topological polar surface area (TPSA) is 64.2 Å². The number of aromatic nitrogens is 2. The van der Waals surface area contributed by atoms with Gasteiger partial charge in [0.15, 0.2) is 0 Å². The molecule has 0 radical (unpaired) electrons. The summed E-state index contributed by atoms with van der Waals surface area (Å²) in [7, 11) is 1.58. The van der Waals surface area contributed by atoms with E-state index < -0.39 is 6.09 Å². The Morgan fingerprint density at radius 3 is 2.80 bits per heavy atom. The van der Waals surface area contributed by atoms with Crippen LogP contribution in [0.4, 0.5) is 4.79 Å². The largest absolute Gasteiger partial charge is 0.464 e. The molecule has 2 aromatic heterocycles. The Labute approximate surface area is 92.7 Å². The van der Waals surface area contributed by atoms with E-state index in [2.05, 4.69) is 15.9 Å². The normalized spacial score (nSPS) is 10.8. The maximum Gasteiger partial charge on any atom is 0.416 e. The van der Waals surface area contributed by atoms with Crippen molar-refractivity contribution in [2.75, 3.05) is 0 Å². The predicted octanol–water partition coefficient (Wildman–Crippen LogP) is 1.63. The number of carboxylic acid groups (broad SMARTS) is 1. The molecule has 0 aliphatic carbocycles. The van der Waals surface area contributed by atoms with Gasteiger partial charge in [0, 0.05) is 29.3 Å². The van der Waals surface area contributed by atoms with Gasteiger partial charge in [-0.25, -0.2) is 9.36 Å². The predicted molar refractivity (Wildman–Crippen MR) is 58.3 cm³/mol. The van der Waals surface area contributed by atoms with Crippen LogP contribution in [0.3, 0.4) is 0 Å². The summed E-state index contributed by atoms with van der Waals surface area (Å²) < 4.78 is 2.95. The van der Waals surface area contributed by atoms with Crippen molar-refractivity contribution in [3.63, 3.8) is 0 Å². The number of hydrogen-bond donors (Lipinski definition) is 1. The minimum Gasteiger partial charge on any atom is -0.464 e. The fourth-order valence-corrected chi connectivity index (χ4v) is 2.09. The SMILES string of the molecule is Cn1cc(Br)c2ccn(C(=O)O)c2c1=O. The van der Waals surface area contributed by atoms with Crippen molar-refractivity contribution in [3.8, 4) is 0 Å². The lowest BCUT2D eigenvalue weighted by atomic mass is 10.3. The molecule has 0 spiro atoms. The van der Waals surface area contributed by atoms with Gasteiger partial charge in [-0.3, -0.25) is 4.79 Å². The van der Waals surface area contributed by atoms with E-state index in [9.17, 15) is 9.59 Å². The van der Waals surface area contributed by atoms with Crippen LogP contribution in [-0.4, -0.2) is 20.3 Å². The molecule has 78 valence electrons. The molecule has 0 saturated carbocycles. The van der Waals surface area contributed by atoms with Gasteiger partial charge in [-0.2, -0.15) is 0 Å². The molecule has 0 aromatic carbocycles. The van der Waals surface area contributed by atoms with E-state index in [1.807, 2.05) is 0 Å². The summed E-state index contributed by atoms with van der Waals surface area (Å²) in [5.41, 5.74) is -0.167. The number of aryl methyl sites for hydroxylation is 1. The minimum atomic E-state index is -1.17. The lowest BCUT2D eigenvalue weighted by molar-refractivity contribution is 0.197. The van der Waals surface area contributed by atoms with Crippen LogP contribution in [0, 0.1) is 0 Å². The van der Waals surface area contributed by atoms with Crippen LogP contribution in [0.15, 0.2) is 27.7 Å². The Morgan fingerprint density at radius 1 is 1.53 bits per heavy atom. The lowest BCUT2D eigenvalue weighted by Crippen LogP contribution is -2.20. The molecule has 0 fully saturated rings. The monoisotopic (exact) mass is 270 g/mol. The maximum absolute atomic E-state index is 11.7. The fraction of sp³-hybridized carbons (Fsp3) is 0.111. The molecular formula is C9H7BrN2O3. The van der Waals surface area contributed by atoms with Crippen molar-refractivity contribution in [2.45, 2.75) is 0 Å². The molecule has 0 atom stereocenters. The molecule has 0 saturated heterocycles. The van der Waals surface area contributed by atoms with Gasteiger partial charge in [-0.05, 0) is 22.0 Å². The van der Waals surface area contributed by atoms with E-state index in [0.717, 1.165) is 4.57 Å². The van der Waals surface area contributed by atoms with Gasteiger partial charge in [-0.15, -0.1) is 0 Å². The standard InChI is InChI=1S/C9H7BrN2O3/c1-11-4-6(10)5-2-3-12(9(14)15)7(5)8(11)13/h2-4H,1H3,(H,14,15). The smallest absolute Gasteiger partial charge is 0.416 e. The van der Waals surface area contributed by atoms with Gasteiger partial charge >= 0.3 is 6.09 Å². The van der Waals surface area contributed by atoms with Crippen LogP contribution >= 0.6 is 15.9 Å². The second-order valence-corrected chi connectivity index (χ2v) is 3.98. The van der Waals surface area contributed by atoms with Crippen LogP contribution in [0.25, 0.3) is 10.9 Å².